The molecule has 1 saturated heterocycles. The topological polar surface area (TPSA) is 41.6 Å². The predicted octanol–water partition coefficient (Wildman–Crippen LogP) is 4.17. The summed E-state index contributed by atoms with van der Waals surface area (Å²) in [7, 11) is 0. The van der Waals surface area contributed by atoms with Crippen LogP contribution in [0.2, 0.25) is 0 Å². The molecule has 1 aliphatic heterocycles. The fraction of sp³-hybridized carbons (Fsp3) is 0.588. The summed E-state index contributed by atoms with van der Waals surface area (Å²) in [4.78, 5) is 14.0. The Morgan fingerprint density at radius 3 is 2.70 bits per heavy atom. The van der Waals surface area contributed by atoms with Gasteiger partial charge in [-0.1, -0.05) is 0 Å². The summed E-state index contributed by atoms with van der Waals surface area (Å²) in [5.41, 5.74) is -0.0364. The summed E-state index contributed by atoms with van der Waals surface area (Å²) < 4.78 is 31.6. The molecule has 1 aliphatic rings. The molecular formula is C17H24F2N2O2. The van der Waals surface area contributed by atoms with Gasteiger partial charge < -0.3 is 15.0 Å². The highest BCUT2D eigenvalue weighted by Crippen LogP contribution is 2.21. The van der Waals surface area contributed by atoms with Gasteiger partial charge in [-0.2, -0.15) is 0 Å². The number of nitrogens with one attached hydrogen (secondary N) is 1. The fourth-order valence-electron chi connectivity index (χ4n) is 2.62. The summed E-state index contributed by atoms with van der Waals surface area (Å²) in [6, 6.07) is 3.67. The first-order chi connectivity index (χ1) is 10.8. The van der Waals surface area contributed by atoms with Crippen molar-refractivity contribution in [1.82, 2.24) is 4.90 Å². The van der Waals surface area contributed by atoms with Gasteiger partial charge in [-0.25, -0.2) is 13.6 Å². The summed E-state index contributed by atoms with van der Waals surface area (Å²) >= 11 is 0. The molecule has 1 aromatic carbocycles. The number of rotatable bonds is 3. The zero-order chi connectivity index (χ0) is 17.0. The van der Waals surface area contributed by atoms with E-state index in [4.69, 9.17) is 4.74 Å². The minimum atomic E-state index is -0.886. The van der Waals surface area contributed by atoms with Gasteiger partial charge in [0.15, 0.2) is 11.6 Å². The SMILES string of the molecule is CC(C)(C)OC(=O)N1CCCCC1CNc1ccc(F)c(F)c1. The first-order valence-electron chi connectivity index (χ1n) is 7.95. The third-order valence-electron chi connectivity index (χ3n) is 3.72. The molecule has 6 heteroatoms. The van der Waals surface area contributed by atoms with Crippen LogP contribution < -0.4 is 5.32 Å². The summed E-state index contributed by atoms with van der Waals surface area (Å²) in [6.45, 7) is 6.64. The standard InChI is InChI=1S/C17H24F2N2O2/c1-17(2,3)23-16(22)21-9-5-4-6-13(21)11-20-12-7-8-14(18)15(19)10-12/h7-8,10,13,20H,4-6,9,11H2,1-3H3. The molecule has 1 unspecified atom stereocenters. The van der Waals surface area contributed by atoms with Crippen molar-refractivity contribution in [2.45, 2.75) is 51.7 Å². The van der Waals surface area contributed by atoms with Crippen molar-refractivity contribution in [1.29, 1.82) is 0 Å². The Hall–Kier alpha value is -1.85. The van der Waals surface area contributed by atoms with Crippen LogP contribution in [0.4, 0.5) is 19.3 Å². The van der Waals surface area contributed by atoms with Gasteiger partial charge in [-0.15, -0.1) is 0 Å². The number of nitrogens with zero attached hydrogens (tertiary/aromatic N) is 1. The van der Waals surface area contributed by atoms with E-state index in [-0.39, 0.29) is 12.1 Å². The van der Waals surface area contributed by atoms with Gasteiger partial charge in [0.05, 0.1) is 6.04 Å². The van der Waals surface area contributed by atoms with Crippen LogP contribution in [0.5, 0.6) is 0 Å². The highest BCUT2D eigenvalue weighted by atomic mass is 19.2. The van der Waals surface area contributed by atoms with Gasteiger partial charge in [-0.05, 0) is 58.2 Å². The second kappa shape index (κ2) is 7.15. The molecule has 1 N–H and O–H groups in total. The van der Waals surface area contributed by atoms with Crippen molar-refractivity contribution >= 4 is 11.8 Å². The lowest BCUT2D eigenvalue weighted by Gasteiger charge is -2.37. The highest BCUT2D eigenvalue weighted by molar-refractivity contribution is 5.68. The zero-order valence-electron chi connectivity index (χ0n) is 13.9. The Balaban J connectivity index is 1.98. The molecule has 1 heterocycles. The molecule has 1 amide bonds. The number of hydrogen-bond donors (Lipinski definition) is 1. The molecule has 4 nitrogen and oxygen atoms in total. The van der Waals surface area contributed by atoms with E-state index in [2.05, 4.69) is 5.32 Å². The first-order valence-corrected chi connectivity index (χ1v) is 7.95. The van der Waals surface area contributed by atoms with Gasteiger partial charge in [0.2, 0.25) is 0 Å². The van der Waals surface area contributed by atoms with Crippen molar-refractivity contribution in [3.63, 3.8) is 0 Å². The Labute approximate surface area is 135 Å². The largest absolute Gasteiger partial charge is 0.444 e. The maximum absolute atomic E-state index is 13.2. The van der Waals surface area contributed by atoms with Crippen molar-refractivity contribution in [2.24, 2.45) is 0 Å². The lowest BCUT2D eigenvalue weighted by atomic mass is 10.0. The van der Waals surface area contributed by atoms with Crippen LogP contribution >= 0.6 is 0 Å². The lowest BCUT2D eigenvalue weighted by Crippen LogP contribution is -2.48. The minimum Gasteiger partial charge on any atom is -0.444 e. The maximum Gasteiger partial charge on any atom is 0.410 e. The fourth-order valence-corrected chi connectivity index (χ4v) is 2.62. The second-order valence-corrected chi connectivity index (χ2v) is 6.83. The molecule has 1 fully saturated rings. The average molecular weight is 326 g/mol. The monoisotopic (exact) mass is 326 g/mol. The molecule has 0 aromatic heterocycles. The minimum absolute atomic E-state index is 0.0216. The zero-order valence-corrected chi connectivity index (χ0v) is 13.9. The summed E-state index contributed by atoms with van der Waals surface area (Å²) in [5, 5.41) is 3.07. The quantitative estimate of drug-likeness (QED) is 0.906. The van der Waals surface area contributed by atoms with E-state index >= 15 is 0 Å². The Bertz CT molecular complexity index is 558. The number of amides is 1. The molecule has 128 valence electrons. The maximum atomic E-state index is 13.2. The van der Waals surface area contributed by atoms with Crippen molar-refractivity contribution in [3.05, 3.63) is 29.8 Å². The second-order valence-electron chi connectivity index (χ2n) is 6.83. The van der Waals surface area contributed by atoms with Gasteiger partial charge in [0.25, 0.3) is 0 Å². The average Bonchev–Trinajstić information content (AvgIpc) is 2.47. The number of benzene rings is 1. The number of carbonyl (C=O) groups is 1. The van der Waals surface area contributed by atoms with Crippen LogP contribution in [0.1, 0.15) is 40.0 Å². The third-order valence-corrected chi connectivity index (χ3v) is 3.72. The van der Waals surface area contributed by atoms with E-state index in [0.29, 0.717) is 18.8 Å². The molecule has 0 spiro atoms. The van der Waals surface area contributed by atoms with E-state index < -0.39 is 17.2 Å². The van der Waals surface area contributed by atoms with E-state index in [1.165, 1.54) is 6.07 Å². The number of anilines is 1. The van der Waals surface area contributed by atoms with Crippen molar-refractivity contribution in [3.8, 4) is 0 Å². The van der Waals surface area contributed by atoms with Crippen LogP contribution in [0.15, 0.2) is 18.2 Å². The van der Waals surface area contributed by atoms with Crippen molar-refractivity contribution < 1.29 is 18.3 Å². The van der Waals surface area contributed by atoms with Crippen molar-refractivity contribution in [2.75, 3.05) is 18.4 Å². The molecule has 2 rings (SSSR count). The van der Waals surface area contributed by atoms with E-state index in [1.807, 2.05) is 20.8 Å². The Kier molecular flexibility index (Phi) is 5.44. The van der Waals surface area contributed by atoms with E-state index in [9.17, 15) is 13.6 Å². The number of halogens is 2. The van der Waals surface area contributed by atoms with E-state index in [1.54, 1.807) is 4.90 Å². The Morgan fingerprint density at radius 2 is 2.04 bits per heavy atom. The molecule has 23 heavy (non-hydrogen) atoms. The molecule has 0 aliphatic carbocycles. The number of carbonyl (C=O) groups excluding carboxylic acids is 1. The summed E-state index contributed by atoms with van der Waals surface area (Å²) in [5.74, 6) is -1.76. The first kappa shape index (κ1) is 17.5. The normalized spacial score (nSPS) is 18.7. The van der Waals surface area contributed by atoms with E-state index in [0.717, 1.165) is 31.4 Å². The molecular weight excluding hydrogens is 302 g/mol. The van der Waals surface area contributed by atoms with Crippen LogP contribution in [-0.4, -0.2) is 35.7 Å². The lowest BCUT2D eigenvalue weighted by molar-refractivity contribution is 0.0114. The molecule has 0 radical (unpaired) electrons. The Morgan fingerprint density at radius 1 is 1.30 bits per heavy atom. The van der Waals surface area contributed by atoms with Crippen LogP contribution in [0, 0.1) is 11.6 Å². The van der Waals surface area contributed by atoms with Gasteiger partial charge in [0, 0.05) is 18.8 Å². The van der Waals surface area contributed by atoms with Gasteiger partial charge in [0.1, 0.15) is 5.60 Å². The third kappa shape index (κ3) is 5.08. The molecule has 0 saturated carbocycles. The number of likely N-dealkylation sites (tertiary alicyclic amines) is 1. The van der Waals surface area contributed by atoms with Crippen LogP contribution in [-0.2, 0) is 4.74 Å². The molecule has 1 atom stereocenters. The number of piperidine rings is 1. The molecule has 0 bridgehead atoms. The van der Waals surface area contributed by atoms with Gasteiger partial charge in [-0.3, -0.25) is 0 Å². The number of hydrogen-bond acceptors (Lipinski definition) is 3. The summed E-state index contributed by atoms with van der Waals surface area (Å²) in [6.07, 6.45) is 2.51. The predicted molar refractivity (Wildman–Crippen MR) is 85.4 cm³/mol. The molecule has 1 aromatic rings. The van der Waals surface area contributed by atoms with Crippen LogP contribution in [0.3, 0.4) is 0 Å². The van der Waals surface area contributed by atoms with Crippen LogP contribution in [0.25, 0.3) is 0 Å². The van der Waals surface area contributed by atoms with Gasteiger partial charge >= 0.3 is 6.09 Å². The smallest absolute Gasteiger partial charge is 0.410 e. The highest BCUT2D eigenvalue weighted by Gasteiger charge is 2.30. The number of ether oxygens (including phenoxy) is 1.